The molecule has 3 rings (SSSR count). The third kappa shape index (κ3) is 4.29. The second-order valence-corrected chi connectivity index (χ2v) is 5.67. The van der Waals surface area contributed by atoms with Gasteiger partial charge in [0.25, 0.3) is 5.91 Å². The molecule has 2 aromatic carbocycles. The number of amides is 1. The van der Waals surface area contributed by atoms with E-state index in [9.17, 15) is 9.59 Å². The minimum absolute atomic E-state index is 0.0535. The zero-order valence-electron chi connectivity index (χ0n) is 13.8. The number of nitrogens with one attached hydrogen (secondary N) is 1. The second kappa shape index (κ2) is 7.70. The van der Waals surface area contributed by atoms with Gasteiger partial charge in [0.05, 0.1) is 6.04 Å². The van der Waals surface area contributed by atoms with Crippen molar-refractivity contribution in [3.8, 4) is 11.5 Å². The molecule has 130 valence electrons. The van der Waals surface area contributed by atoms with Crippen LogP contribution in [0.15, 0.2) is 54.6 Å². The highest BCUT2D eigenvalue weighted by atomic mass is 16.6. The average Bonchev–Trinajstić information content (AvgIpc) is 2.66. The van der Waals surface area contributed by atoms with Crippen LogP contribution in [0.1, 0.15) is 18.5 Å². The summed E-state index contributed by atoms with van der Waals surface area (Å²) >= 11 is 0. The van der Waals surface area contributed by atoms with Crippen LogP contribution in [-0.4, -0.2) is 31.2 Å². The number of esters is 1. The normalized spacial score (nSPS) is 16.6. The lowest BCUT2D eigenvalue weighted by Crippen LogP contribution is -2.40. The van der Waals surface area contributed by atoms with E-state index in [1.165, 1.54) is 0 Å². The van der Waals surface area contributed by atoms with Crippen molar-refractivity contribution in [3.63, 3.8) is 0 Å². The van der Waals surface area contributed by atoms with Crippen LogP contribution in [0.5, 0.6) is 11.5 Å². The number of hydrogen-bond acceptors (Lipinski definition) is 5. The van der Waals surface area contributed by atoms with E-state index in [1.54, 1.807) is 18.2 Å². The number of hydrogen-bond donors (Lipinski definition) is 1. The Morgan fingerprint density at radius 3 is 2.56 bits per heavy atom. The molecule has 0 saturated carbocycles. The van der Waals surface area contributed by atoms with Gasteiger partial charge in [0, 0.05) is 0 Å². The molecule has 0 fully saturated rings. The molecule has 0 unspecified atom stereocenters. The summed E-state index contributed by atoms with van der Waals surface area (Å²) in [6.07, 6.45) is -0.880. The number of carbonyl (C=O) groups excluding carboxylic acids is 2. The van der Waals surface area contributed by atoms with Crippen LogP contribution in [0.4, 0.5) is 0 Å². The van der Waals surface area contributed by atoms with E-state index in [0.29, 0.717) is 11.5 Å². The number of carbonyl (C=O) groups is 2. The quantitative estimate of drug-likeness (QED) is 0.845. The Morgan fingerprint density at radius 1 is 1.12 bits per heavy atom. The minimum atomic E-state index is -0.880. The van der Waals surface area contributed by atoms with Gasteiger partial charge in [-0.15, -0.1) is 0 Å². The Kier molecular flexibility index (Phi) is 5.18. The predicted octanol–water partition coefficient (Wildman–Crippen LogP) is 2.25. The molecule has 25 heavy (non-hydrogen) atoms. The van der Waals surface area contributed by atoms with Crippen molar-refractivity contribution in [1.29, 1.82) is 0 Å². The van der Waals surface area contributed by atoms with E-state index in [1.807, 2.05) is 43.3 Å². The summed E-state index contributed by atoms with van der Waals surface area (Å²) in [6.45, 7) is 1.56. The van der Waals surface area contributed by atoms with E-state index in [0.717, 1.165) is 5.56 Å². The Bertz CT molecular complexity index is 746. The Balaban J connectivity index is 1.47. The molecule has 6 nitrogen and oxygen atoms in total. The predicted molar refractivity (Wildman–Crippen MR) is 90.3 cm³/mol. The van der Waals surface area contributed by atoms with Gasteiger partial charge in [-0.05, 0) is 24.6 Å². The third-order valence-corrected chi connectivity index (χ3v) is 3.79. The molecule has 1 amide bonds. The van der Waals surface area contributed by atoms with Crippen molar-refractivity contribution in [1.82, 2.24) is 5.32 Å². The summed E-state index contributed by atoms with van der Waals surface area (Å²) in [4.78, 5) is 24.0. The summed E-state index contributed by atoms with van der Waals surface area (Å²) in [5.41, 5.74) is 0.975. The fourth-order valence-corrected chi connectivity index (χ4v) is 2.47. The van der Waals surface area contributed by atoms with Gasteiger partial charge in [0.2, 0.25) is 6.10 Å². The standard InChI is InChI=1S/C19H19NO5/c1-13(14-7-3-2-4-8-14)20-18(21)12-24-19(22)17-11-23-15-9-5-6-10-16(15)25-17/h2-10,13,17H,11-12H2,1H3,(H,20,21)/t13-,17+/m0/s1. The summed E-state index contributed by atoms with van der Waals surface area (Å²) < 4.78 is 16.0. The maximum atomic E-state index is 12.1. The molecular formula is C19H19NO5. The van der Waals surface area contributed by atoms with Crippen molar-refractivity contribution in [2.45, 2.75) is 19.1 Å². The minimum Gasteiger partial charge on any atom is -0.485 e. The fourth-order valence-electron chi connectivity index (χ4n) is 2.47. The molecule has 1 aliphatic rings. The first kappa shape index (κ1) is 16.8. The van der Waals surface area contributed by atoms with Crippen LogP contribution < -0.4 is 14.8 Å². The summed E-state index contributed by atoms with van der Waals surface area (Å²) in [5.74, 6) is 0.0673. The molecule has 0 bridgehead atoms. The van der Waals surface area contributed by atoms with Crippen molar-refractivity contribution < 1.29 is 23.8 Å². The SMILES string of the molecule is C[C@H](NC(=O)COC(=O)[C@H]1COc2ccccc2O1)c1ccccc1. The molecule has 1 heterocycles. The van der Waals surface area contributed by atoms with Gasteiger partial charge in [0.15, 0.2) is 18.1 Å². The van der Waals surface area contributed by atoms with E-state index in [4.69, 9.17) is 14.2 Å². The number of rotatable bonds is 5. The molecule has 0 aromatic heterocycles. The van der Waals surface area contributed by atoms with Gasteiger partial charge >= 0.3 is 5.97 Å². The van der Waals surface area contributed by atoms with Crippen molar-refractivity contribution in [3.05, 3.63) is 60.2 Å². The van der Waals surface area contributed by atoms with Gasteiger partial charge < -0.3 is 19.5 Å². The van der Waals surface area contributed by atoms with Crippen LogP contribution in [0, 0.1) is 0 Å². The van der Waals surface area contributed by atoms with Crippen LogP contribution in [0.3, 0.4) is 0 Å². The largest absolute Gasteiger partial charge is 0.485 e. The first-order chi connectivity index (χ1) is 12.1. The topological polar surface area (TPSA) is 73.9 Å². The first-order valence-corrected chi connectivity index (χ1v) is 8.03. The van der Waals surface area contributed by atoms with Crippen LogP contribution in [0.25, 0.3) is 0 Å². The fraction of sp³-hybridized carbons (Fsp3) is 0.263. The average molecular weight is 341 g/mol. The number of fused-ring (bicyclic) bond motifs is 1. The molecule has 0 aliphatic carbocycles. The van der Waals surface area contributed by atoms with Gasteiger partial charge in [-0.3, -0.25) is 4.79 Å². The monoisotopic (exact) mass is 341 g/mol. The van der Waals surface area contributed by atoms with Gasteiger partial charge in [-0.2, -0.15) is 0 Å². The highest BCUT2D eigenvalue weighted by Gasteiger charge is 2.29. The van der Waals surface area contributed by atoms with Gasteiger partial charge in [-0.25, -0.2) is 4.79 Å². The summed E-state index contributed by atoms with van der Waals surface area (Å²) in [7, 11) is 0. The zero-order chi connectivity index (χ0) is 17.6. The smallest absolute Gasteiger partial charge is 0.351 e. The Hall–Kier alpha value is -3.02. The maximum absolute atomic E-state index is 12.1. The Morgan fingerprint density at radius 2 is 1.80 bits per heavy atom. The molecule has 0 spiro atoms. The molecule has 1 N–H and O–H groups in total. The lowest BCUT2D eigenvalue weighted by Gasteiger charge is -2.24. The molecular weight excluding hydrogens is 322 g/mol. The molecule has 0 saturated heterocycles. The van der Waals surface area contributed by atoms with E-state index in [-0.39, 0.29) is 25.2 Å². The molecule has 2 atom stereocenters. The lowest BCUT2D eigenvalue weighted by molar-refractivity contribution is -0.157. The highest BCUT2D eigenvalue weighted by Crippen LogP contribution is 2.31. The molecule has 2 aromatic rings. The van der Waals surface area contributed by atoms with Gasteiger partial charge in [-0.1, -0.05) is 42.5 Å². The zero-order valence-corrected chi connectivity index (χ0v) is 13.8. The number of benzene rings is 2. The van der Waals surface area contributed by atoms with E-state index < -0.39 is 12.1 Å². The number of para-hydroxylation sites is 2. The van der Waals surface area contributed by atoms with E-state index in [2.05, 4.69) is 5.32 Å². The summed E-state index contributed by atoms with van der Waals surface area (Å²) in [5, 5.41) is 2.78. The molecule has 6 heteroatoms. The van der Waals surface area contributed by atoms with Crippen molar-refractivity contribution >= 4 is 11.9 Å². The van der Waals surface area contributed by atoms with Crippen LogP contribution >= 0.6 is 0 Å². The van der Waals surface area contributed by atoms with Crippen molar-refractivity contribution in [2.24, 2.45) is 0 Å². The van der Waals surface area contributed by atoms with Gasteiger partial charge in [0.1, 0.15) is 6.61 Å². The van der Waals surface area contributed by atoms with Crippen molar-refractivity contribution in [2.75, 3.05) is 13.2 Å². The second-order valence-electron chi connectivity index (χ2n) is 5.67. The maximum Gasteiger partial charge on any atom is 0.351 e. The van der Waals surface area contributed by atoms with Crippen LogP contribution in [-0.2, 0) is 14.3 Å². The lowest BCUT2D eigenvalue weighted by atomic mass is 10.1. The third-order valence-electron chi connectivity index (χ3n) is 3.79. The highest BCUT2D eigenvalue weighted by molar-refractivity contribution is 5.82. The number of ether oxygens (including phenoxy) is 3. The molecule has 1 aliphatic heterocycles. The Labute approximate surface area is 145 Å². The first-order valence-electron chi connectivity index (χ1n) is 8.03. The summed E-state index contributed by atoms with van der Waals surface area (Å²) in [6, 6.07) is 16.4. The molecule has 0 radical (unpaired) electrons. The van der Waals surface area contributed by atoms with Crippen LogP contribution in [0.2, 0.25) is 0 Å². The van der Waals surface area contributed by atoms with E-state index >= 15 is 0 Å².